The predicted molar refractivity (Wildman–Crippen MR) is 90.9 cm³/mol. The Morgan fingerprint density at radius 1 is 1.14 bits per heavy atom. The molecule has 4 heteroatoms. The van der Waals surface area contributed by atoms with Crippen molar-refractivity contribution in [2.75, 3.05) is 11.9 Å². The summed E-state index contributed by atoms with van der Waals surface area (Å²) in [5.41, 5.74) is 5.66. The molecule has 0 bridgehead atoms. The lowest BCUT2D eigenvalue weighted by Crippen LogP contribution is -2.04. The van der Waals surface area contributed by atoms with Gasteiger partial charge in [-0.15, -0.1) is 0 Å². The lowest BCUT2D eigenvalue weighted by atomic mass is 10.1. The largest absolute Gasteiger partial charge is 0.369 e. The van der Waals surface area contributed by atoms with E-state index in [9.17, 15) is 0 Å². The first-order chi connectivity index (χ1) is 10.7. The molecule has 1 aromatic heterocycles. The van der Waals surface area contributed by atoms with E-state index in [0.717, 1.165) is 40.8 Å². The van der Waals surface area contributed by atoms with Gasteiger partial charge in [-0.2, -0.15) is 5.10 Å². The molecule has 3 aromatic rings. The molecule has 0 fully saturated rings. The van der Waals surface area contributed by atoms with E-state index >= 15 is 0 Å². The van der Waals surface area contributed by atoms with Crippen molar-refractivity contribution in [3.63, 3.8) is 0 Å². The van der Waals surface area contributed by atoms with Gasteiger partial charge in [-0.25, -0.2) is 4.68 Å². The van der Waals surface area contributed by atoms with Gasteiger partial charge in [0.15, 0.2) is 0 Å². The highest BCUT2D eigenvalue weighted by molar-refractivity contribution is 6.30. The Hall–Kier alpha value is -2.26. The second-order valence-electron chi connectivity index (χ2n) is 5.61. The normalized spacial score (nSPS) is 13.0. The summed E-state index contributed by atoms with van der Waals surface area (Å²) >= 11 is 6.14. The summed E-state index contributed by atoms with van der Waals surface area (Å²) in [6.07, 6.45) is 0.989. The maximum absolute atomic E-state index is 6.14. The summed E-state index contributed by atoms with van der Waals surface area (Å²) in [6.45, 7) is 3.05. The number of anilines is 1. The van der Waals surface area contributed by atoms with Crippen LogP contribution in [0, 0.1) is 6.92 Å². The minimum absolute atomic E-state index is 0.738. The summed E-state index contributed by atoms with van der Waals surface area (Å²) in [5.74, 6) is 1.10. The Balaban J connectivity index is 1.90. The van der Waals surface area contributed by atoms with Crippen LogP contribution >= 0.6 is 11.6 Å². The number of aryl methyl sites for hydroxylation is 1. The predicted octanol–water partition coefficient (Wildman–Crippen LogP) is 4.47. The van der Waals surface area contributed by atoms with E-state index in [1.54, 1.807) is 0 Å². The number of halogens is 1. The molecule has 4 rings (SSSR count). The molecule has 3 nitrogen and oxygen atoms in total. The van der Waals surface area contributed by atoms with Crippen molar-refractivity contribution in [2.24, 2.45) is 0 Å². The van der Waals surface area contributed by atoms with Crippen molar-refractivity contribution in [3.8, 4) is 16.9 Å². The van der Waals surface area contributed by atoms with Crippen molar-refractivity contribution in [2.45, 2.75) is 13.3 Å². The molecule has 0 aliphatic carbocycles. The van der Waals surface area contributed by atoms with Gasteiger partial charge in [0.25, 0.3) is 0 Å². The highest BCUT2D eigenvalue weighted by atomic mass is 35.5. The van der Waals surface area contributed by atoms with Crippen molar-refractivity contribution in [1.82, 2.24) is 9.78 Å². The second-order valence-corrected chi connectivity index (χ2v) is 6.05. The van der Waals surface area contributed by atoms with Crippen LogP contribution in [0.1, 0.15) is 11.1 Å². The van der Waals surface area contributed by atoms with Gasteiger partial charge in [0.1, 0.15) is 5.82 Å². The zero-order valence-corrected chi connectivity index (χ0v) is 13.1. The van der Waals surface area contributed by atoms with Gasteiger partial charge in [-0.1, -0.05) is 35.9 Å². The van der Waals surface area contributed by atoms with E-state index in [4.69, 9.17) is 16.7 Å². The fourth-order valence-corrected chi connectivity index (χ4v) is 3.18. The van der Waals surface area contributed by atoms with Gasteiger partial charge >= 0.3 is 0 Å². The molecule has 0 unspecified atom stereocenters. The number of nitrogens with zero attached hydrogens (tertiary/aromatic N) is 2. The Kier molecular flexibility index (Phi) is 3.16. The lowest BCUT2D eigenvalue weighted by Gasteiger charge is -2.07. The number of aromatic nitrogens is 2. The first-order valence-corrected chi connectivity index (χ1v) is 7.79. The third-order valence-electron chi connectivity index (χ3n) is 4.00. The van der Waals surface area contributed by atoms with Gasteiger partial charge < -0.3 is 5.32 Å². The fraction of sp³-hybridized carbons (Fsp3) is 0.167. The first-order valence-electron chi connectivity index (χ1n) is 7.41. The number of hydrogen-bond donors (Lipinski definition) is 1. The summed E-state index contributed by atoms with van der Waals surface area (Å²) < 4.78 is 2.01. The molecule has 0 saturated carbocycles. The smallest absolute Gasteiger partial charge is 0.133 e. The third kappa shape index (κ3) is 2.18. The molecule has 1 aliphatic heterocycles. The number of nitrogens with one attached hydrogen (secondary N) is 1. The van der Waals surface area contributed by atoms with Crippen LogP contribution in [-0.2, 0) is 6.42 Å². The molecular formula is C18H16ClN3. The molecule has 0 amide bonds. The van der Waals surface area contributed by atoms with Crippen LogP contribution in [0.25, 0.3) is 16.9 Å². The van der Waals surface area contributed by atoms with Gasteiger partial charge in [0, 0.05) is 22.7 Å². The molecule has 22 heavy (non-hydrogen) atoms. The van der Waals surface area contributed by atoms with E-state index in [1.807, 2.05) is 22.9 Å². The summed E-state index contributed by atoms with van der Waals surface area (Å²) in [7, 11) is 0. The molecule has 110 valence electrons. The summed E-state index contributed by atoms with van der Waals surface area (Å²) in [5, 5.41) is 9.05. The van der Waals surface area contributed by atoms with Crippen molar-refractivity contribution in [1.29, 1.82) is 0 Å². The first kappa shape index (κ1) is 13.4. The Bertz CT molecular complexity index is 783. The van der Waals surface area contributed by atoms with Crippen LogP contribution in [0.2, 0.25) is 5.02 Å². The summed E-state index contributed by atoms with van der Waals surface area (Å²) in [4.78, 5) is 0. The Morgan fingerprint density at radius 2 is 2.00 bits per heavy atom. The third-order valence-corrected chi connectivity index (χ3v) is 4.23. The maximum atomic E-state index is 6.14. The molecular weight excluding hydrogens is 294 g/mol. The monoisotopic (exact) mass is 309 g/mol. The van der Waals surface area contributed by atoms with E-state index in [0.29, 0.717) is 0 Å². The van der Waals surface area contributed by atoms with E-state index in [1.165, 1.54) is 11.1 Å². The molecule has 1 aliphatic rings. The van der Waals surface area contributed by atoms with E-state index in [2.05, 4.69) is 42.6 Å². The molecule has 2 heterocycles. The van der Waals surface area contributed by atoms with Gasteiger partial charge in [-0.3, -0.25) is 0 Å². The van der Waals surface area contributed by atoms with Gasteiger partial charge in [-0.05, 0) is 43.2 Å². The summed E-state index contributed by atoms with van der Waals surface area (Å²) in [6, 6.07) is 16.3. The van der Waals surface area contributed by atoms with Crippen LogP contribution in [0.4, 0.5) is 5.82 Å². The molecule has 0 saturated heterocycles. The SMILES string of the molecule is Cc1cccc(-n2nc(-c3cccc(Cl)c3)c3c2NCC3)c1. The maximum Gasteiger partial charge on any atom is 0.133 e. The molecule has 0 radical (unpaired) electrons. The zero-order valence-electron chi connectivity index (χ0n) is 12.3. The number of hydrogen-bond acceptors (Lipinski definition) is 2. The molecule has 0 atom stereocenters. The van der Waals surface area contributed by atoms with Gasteiger partial charge in [0.05, 0.1) is 11.4 Å². The minimum Gasteiger partial charge on any atom is -0.369 e. The zero-order chi connectivity index (χ0) is 15.1. The van der Waals surface area contributed by atoms with E-state index in [-0.39, 0.29) is 0 Å². The van der Waals surface area contributed by atoms with Crippen LogP contribution < -0.4 is 5.32 Å². The topological polar surface area (TPSA) is 29.9 Å². The number of rotatable bonds is 2. The number of benzene rings is 2. The highest BCUT2D eigenvalue weighted by Gasteiger charge is 2.23. The van der Waals surface area contributed by atoms with Crippen molar-refractivity contribution < 1.29 is 0 Å². The standard InChI is InChI=1S/C18H16ClN3/c1-12-4-2-7-15(10-12)22-18-16(8-9-20-18)17(21-22)13-5-3-6-14(19)11-13/h2-7,10-11,20H,8-9H2,1H3. The van der Waals surface area contributed by atoms with Crippen LogP contribution in [0.5, 0.6) is 0 Å². The van der Waals surface area contributed by atoms with Crippen LogP contribution in [0.3, 0.4) is 0 Å². The molecule has 1 N–H and O–H groups in total. The molecule has 2 aromatic carbocycles. The average Bonchev–Trinajstić information content (AvgIpc) is 3.09. The average molecular weight is 310 g/mol. The highest BCUT2D eigenvalue weighted by Crippen LogP contribution is 2.35. The minimum atomic E-state index is 0.738. The van der Waals surface area contributed by atoms with E-state index < -0.39 is 0 Å². The van der Waals surface area contributed by atoms with Crippen LogP contribution in [-0.4, -0.2) is 16.3 Å². The molecule has 0 spiro atoms. The van der Waals surface area contributed by atoms with Crippen molar-refractivity contribution >= 4 is 17.4 Å². The fourth-order valence-electron chi connectivity index (χ4n) is 2.99. The lowest BCUT2D eigenvalue weighted by molar-refractivity contribution is 0.881. The van der Waals surface area contributed by atoms with Crippen molar-refractivity contribution in [3.05, 3.63) is 64.7 Å². The Labute approximate surface area is 134 Å². The Morgan fingerprint density at radius 3 is 2.82 bits per heavy atom. The quantitative estimate of drug-likeness (QED) is 0.757. The second kappa shape index (κ2) is 5.18. The van der Waals surface area contributed by atoms with Gasteiger partial charge in [0.2, 0.25) is 0 Å². The number of fused-ring (bicyclic) bond motifs is 1. The van der Waals surface area contributed by atoms with Crippen LogP contribution in [0.15, 0.2) is 48.5 Å².